The third kappa shape index (κ3) is 2.87. The molecule has 2 unspecified atom stereocenters. The lowest BCUT2D eigenvalue weighted by atomic mass is 10.0. The summed E-state index contributed by atoms with van der Waals surface area (Å²) < 4.78 is 18.2. The van der Waals surface area contributed by atoms with Crippen LogP contribution in [0.15, 0.2) is 30.5 Å². The van der Waals surface area contributed by atoms with Crippen molar-refractivity contribution in [2.75, 3.05) is 26.9 Å². The average molecular weight is 303 g/mol. The molecular formula is C17H21NO4. The number of aromatic nitrogens is 1. The quantitative estimate of drug-likeness (QED) is 0.814. The molecule has 0 spiro atoms. The molecule has 0 N–H and O–H groups in total. The van der Waals surface area contributed by atoms with Crippen molar-refractivity contribution in [1.82, 2.24) is 4.57 Å². The summed E-state index contributed by atoms with van der Waals surface area (Å²) in [6, 6.07) is 7.88. The lowest BCUT2D eigenvalue weighted by molar-refractivity contribution is -0.110. The highest BCUT2D eigenvalue weighted by Gasteiger charge is 2.23. The van der Waals surface area contributed by atoms with E-state index in [-0.39, 0.29) is 12.1 Å². The summed E-state index contributed by atoms with van der Waals surface area (Å²) in [6.45, 7) is 4.86. The van der Waals surface area contributed by atoms with Crippen LogP contribution >= 0.6 is 0 Å². The van der Waals surface area contributed by atoms with E-state index in [9.17, 15) is 4.79 Å². The molecule has 2 atom stereocenters. The Hall–Kier alpha value is -1.85. The summed E-state index contributed by atoms with van der Waals surface area (Å²) in [5.41, 5.74) is 1.64. The Labute approximate surface area is 129 Å². The zero-order valence-electron chi connectivity index (χ0n) is 13.0. The van der Waals surface area contributed by atoms with Crippen LogP contribution in [0, 0.1) is 5.92 Å². The number of para-hydroxylation sites is 1. The van der Waals surface area contributed by atoms with Crippen molar-refractivity contribution in [1.29, 1.82) is 0 Å². The first-order valence-electron chi connectivity index (χ1n) is 7.56. The fraction of sp³-hybridized carbons (Fsp3) is 0.471. The van der Waals surface area contributed by atoms with Gasteiger partial charge in [-0.1, -0.05) is 25.1 Å². The van der Waals surface area contributed by atoms with Crippen molar-refractivity contribution in [3.8, 4) is 0 Å². The molecule has 3 rings (SSSR count). The highest BCUT2D eigenvalue weighted by atomic mass is 16.6. The third-order valence-corrected chi connectivity index (χ3v) is 4.15. The molecule has 1 saturated heterocycles. The zero-order valence-corrected chi connectivity index (χ0v) is 13.0. The fourth-order valence-corrected chi connectivity index (χ4v) is 2.93. The van der Waals surface area contributed by atoms with E-state index in [4.69, 9.17) is 14.2 Å². The van der Waals surface area contributed by atoms with Crippen LogP contribution < -0.4 is 0 Å². The second-order valence-electron chi connectivity index (χ2n) is 5.67. The predicted octanol–water partition coefficient (Wildman–Crippen LogP) is 2.48. The standard InChI is InChI=1S/C17H21NO4/c1-12(16-11-21-7-8-22-16)9-18-10-14(17(19)20-2)13-5-3-4-6-15(13)18/h3-6,10,12,16H,7-9,11H2,1-2H3. The Morgan fingerprint density at radius 2 is 2.23 bits per heavy atom. The number of benzene rings is 1. The van der Waals surface area contributed by atoms with Gasteiger partial charge < -0.3 is 18.8 Å². The topological polar surface area (TPSA) is 49.7 Å². The maximum atomic E-state index is 11.9. The number of carbonyl (C=O) groups excluding carboxylic acids is 1. The highest BCUT2D eigenvalue weighted by molar-refractivity contribution is 6.04. The predicted molar refractivity (Wildman–Crippen MR) is 83.0 cm³/mol. The second kappa shape index (κ2) is 6.50. The summed E-state index contributed by atoms with van der Waals surface area (Å²) >= 11 is 0. The second-order valence-corrected chi connectivity index (χ2v) is 5.67. The van der Waals surface area contributed by atoms with Crippen molar-refractivity contribution in [3.63, 3.8) is 0 Å². The van der Waals surface area contributed by atoms with Crippen molar-refractivity contribution < 1.29 is 19.0 Å². The first-order valence-corrected chi connectivity index (χ1v) is 7.56. The molecule has 1 aromatic carbocycles. The van der Waals surface area contributed by atoms with E-state index >= 15 is 0 Å². The lowest BCUT2D eigenvalue weighted by Gasteiger charge is -2.28. The van der Waals surface area contributed by atoms with Crippen LogP contribution in [-0.2, 0) is 20.8 Å². The molecule has 22 heavy (non-hydrogen) atoms. The molecule has 0 aliphatic carbocycles. The normalized spacial score (nSPS) is 20.0. The van der Waals surface area contributed by atoms with Crippen LogP contribution in [0.4, 0.5) is 0 Å². The van der Waals surface area contributed by atoms with Crippen LogP contribution in [0.2, 0.25) is 0 Å². The number of hydrogen-bond acceptors (Lipinski definition) is 4. The van der Waals surface area contributed by atoms with Crippen LogP contribution in [0.1, 0.15) is 17.3 Å². The van der Waals surface area contributed by atoms with Gasteiger partial charge in [0, 0.05) is 29.6 Å². The number of hydrogen-bond donors (Lipinski definition) is 0. The maximum Gasteiger partial charge on any atom is 0.340 e. The maximum absolute atomic E-state index is 11.9. The Morgan fingerprint density at radius 3 is 2.95 bits per heavy atom. The van der Waals surface area contributed by atoms with E-state index in [2.05, 4.69) is 11.5 Å². The van der Waals surface area contributed by atoms with E-state index in [1.165, 1.54) is 7.11 Å². The summed E-state index contributed by atoms with van der Waals surface area (Å²) in [7, 11) is 1.41. The average Bonchev–Trinajstić information content (AvgIpc) is 2.94. The first-order chi connectivity index (χ1) is 10.7. The molecule has 0 radical (unpaired) electrons. The smallest absolute Gasteiger partial charge is 0.340 e. The molecule has 1 aliphatic heterocycles. The molecule has 118 valence electrons. The molecule has 0 amide bonds. The molecule has 2 aromatic rings. The Kier molecular flexibility index (Phi) is 4.45. The van der Waals surface area contributed by atoms with Crippen molar-refractivity contribution >= 4 is 16.9 Å². The summed E-state index contributed by atoms with van der Waals surface area (Å²) in [6.07, 6.45) is 1.97. The zero-order chi connectivity index (χ0) is 15.5. The number of carbonyl (C=O) groups is 1. The number of fused-ring (bicyclic) bond motifs is 1. The summed E-state index contributed by atoms with van der Waals surface area (Å²) in [4.78, 5) is 11.9. The minimum absolute atomic E-state index is 0.0940. The molecule has 5 nitrogen and oxygen atoms in total. The SMILES string of the molecule is COC(=O)c1cn(CC(C)C2COCCO2)c2ccccc12. The highest BCUT2D eigenvalue weighted by Crippen LogP contribution is 2.24. The van der Waals surface area contributed by atoms with Crippen molar-refractivity contribution in [2.24, 2.45) is 5.92 Å². The minimum Gasteiger partial charge on any atom is -0.465 e. The van der Waals surface area contributed by atoms with Gasteiger partial charge in [-0.15, -0.1) is 0 Å². The van der Waals surface area contributed by atoms with Gasteiger partial charge >= 0.3 is 5.97 Å². The Bertz CT molecular complexity index is 658. The molecule has 1 aliphatic rings. The summed E-state index contributed by atoms with van der Waals surface area (Å²) in [5, 5.41) is 0.919. The molecule has 5 heteroatoms. The Morgan fingerprint density at radius 1 is 1.41 bits per heavy atom. The lowest BCUT2D eigenvalue weighted by Crippen LogP contribution is -2.35. The third-order valence-electron chi connectivity index (χ3n) is 4.15. The van der Waals surface area contributed by atoms with Gasteiger partial charge in [0.05, 0.1) is 38.6 Å². The van der Waals surface area contributed by atoms with Gasteiger partial charge in [-0.3, -0.25) is 0 Å². The van der Waals surface area contributed by atoms with Crippen LogP contribution in [0.3, 0.4) is 0 Å². The van der Waals surface area contributed by atoms with Crippen LogP contribution in [-0.4, -0.2) is 43.6 Å². The number of esters is 1. The van der Waals surface area contributed by atoms with Crippen molar-refractivity contribution in [2.45, 2.75) is 19.6 Å². The number of methoxy groups -OCH3 is 1. The van der Waals surface area contributed by atoms with Gasteiger partial charge in [-0.2, -0.15) is 0 Å². The number of nitrogens with zero attached hydrogens (tertiary/aromatic N) is 1. The molecule has 0 bridgehead atoms. The van der Waals surface area contributed by atoms with Crippen LogP contribution in [0.25, 0.3) is 10.9 Å². The van der Waals surface area contributed by atoms with E-state index < -0.39 is 0 Å². The van der Waals surface area contributed by atoms with Gasteiger partial charge in [0.15, 0.2) is 0 Å². The Balaban J connectivity index is 1.88. The van der Waals surface area contributed by atoms with Gasteiger partial charge in [0.1, 0.15) is 0 Å². The molecule has 0 saturated carbocycles. The minimum atomic E-state index is -0.306. The molecule has 1 aromatic heterocycles. The number of ether oxygens (including phenoxy) is 3. The molecule has 1 fully saturated rings. The van der Waals surface area contributed by atoms with E-state index in [1.807, 2.05) is 30.5 Å². The number of rotatable bonds is 4. The van der Waals surface area contributed by atoms with Crippen LogP contribution in [0.5, 0.6) is 0 Å². The molecule has 2 heterocycles. The van der Waals surface area contributed by atoms with E-state index in [1.54, 1.807) is 0 Å². The van der Waals surface area contributed by atoms with Gasteiger partial charge in [0.25, 0.3) is 0 Å². The monoisotopic (exact) mass is 303 g/mol. The van der Waals surface area contributed by atoms with Gasteiger partial charge in [-0.25, -0.2) is 4.79 Å². The van der Waals surface area contributed by atoms with E-state index in [0.717, 1.165) is 17.4 Å². The summed E-state index contributed by atoms with van der Waals surface area (Å²) in [5.74, 6) is -0.0125. The fourth-order valence-electron chi connectivity index (χ4n) is 2.93. The van der Waals surface area contributed by atoms with Gasteiger partial charge in [-0.05, 0) is 6.07 Å². The van der Waals surface area contributed by atoms with Crippen molar-refractivity contribution in [3.05, 3.63) is 36.0 Å². The van der Waals surface area contributed by atoms with E-state index in [0.29, 0.717) is 31.3 Å². The largest absolute Gasteiger partial charge is 0.465 e. The van der Waals surface area contributed by atoms with Gasteiger partial charge in [0.2, 0.25) is 0 Å². The molecular weight excluding hydrogens is 282 g/mol. The first kappa shape index (κ1) is 15.1.